The zero-order valence-corrected chi connectivity index (χ0v) is 29.4. The van der Waals surface area contributed by atoms with Crippen LogP contribution in [0.5, 0.6) is 0 Å². The van der Waals surface area contributed by atoms with Crippen LogP contribution in [-0.4, -0.2) is 65.4 Å². The van der Waals surface area contributed by atoms with Gasteiger partial charge in [0.2, 0.25) is 0 Å². The van der Waals surface area contributed by atoms with Gasteiger partial charge in [0.1, 0.15) is 0 Å². The van der Waals surface area contributed by atoms with E-state index in [-0.39, 0.29) is 0 Å². The van der Waals surface area contributed by atoms with Crippen molar-refractivity contribution in [2.45, 2.75) is 66.5 Å². The van der Waals surface area contributed by atoms with Gasteiger partial charge < -0.3 is 31.9 Å². The van der Waals surface area contributed by atoms with Crippen molar-refractivity contribution in [2.24, 2.45) is 11.8 Å². The maximum absolute atomic E-state index is 3.60. The number of rotatable bonds is 26. The summed E-state index contributed by atoms with van der Waals surface area (Å²) in [6, 6.07) is 26.9. The van der Waals surface area contributed by atoms with Crippen LogP contribution in [-0.2, 0) is 13.1 Å². The zero-order valence-electron chi connectivity index (χ0n) is 29.4. The third-order valence-corrected chi connectivity index (χ3v) is 8.05. The van der Waals surface area contributed by atoms with Crippen LogP contribution in [0.2, 0.25) is 0 Å². The van der Waals surface area contributed by atoms with Gasteiger partial charge in [-0.25, -0.2) is 0 Å². The Morgan fingerprint density at radius 2 is 0.717 bits per heavy atom. The fourth-order valence-corrected chi connectivity index (χ4v) is 5.44. The minimum Gasteiger partial charge on any atom is -0.317 e. The van der Waals surface area contributed by atoms with Crippen LogP contribution < -0.4 is 31.9 Å². The Kier molecular flexibility index (Phi) is 19.5. The van der Waals surface area contributed by atoms with E-state index < -0.39 is 0 Å². The van der Waals surface area contributed by atoms with Crippen LogP contribution >= 0.6 is 0 Å². The van der Waals surface area contributed by atoms with Gasteiger partial charge in [-0.1, -0.05) is 100 Å². The highest BCUT2D eigenvalue weighted by Crippen LogP contribution is 2.32. The molecule has 254 valence electrons. The Hall–Kier alpha value is -2.58. The van der Waals surface area contributed by atoms with Crippen LogP contribution in [0.4, 0.5) is 0 Å². The van der Waals surface area contributed by atoms with Crippen LogP contribution in [0.25, 0.3) is 22.3 Å². The molecule has 0 radical (unpaired) electrons. The summed E-state index contributed by atoms with van der Waals surface area (Å²) in [6.45, 7) is 21.6. The molecule has 0 aromatic heterocycles. The van der Waals surface area contributed by atoms with Gasteiger partial charge in [-0.05, 0) is 136 Å². The van der Waals surface area contributed by atoms with Gasteiger partial charge in [-0.15, -0.1) is 0 Å². The van der Waals surface area contributed by atoms with E-state index >= 15 is 0 Å². The Balaban J connectivity index is 1.32. The molecule has 0 saturated heterocycles. The minimum atomic E-state index is 0.725. The van der Waals surface area contributed by atoms with Crippen molar-refractivity contribution in [3.05, 3.63) is 83.9 Å². The Morgan fingerprint density at radius 1 is 0.391 bits per heavy atom. The highest BCUT2D eigenvalue weighted by atomic mass is 14.9. The van der Waals surface area contributed by atoms with E-state index in [1.165, 1.54) is 46.2 Å². The second kappa shape index (κ2) is 23.7. The molecule has 0 spiro atoms. The predicted octanol–water partition coefficient (Wildman–Crippen LogP) is 6.43. The lowest BCUT2D eigenvalue weighted by Gasteiger charge is -2.12. The van der Waals surface area contributed by atoms with Crippen LogP contribution in [0.15, 0.2) is 72.8 Å². The SMILES string of the molecule is CC(C)CNCCCNCCCNCc1ccc(-c2ccccc2-c2ccc(CNCCCNCCCNCC(C)C)cc2)cc1. The summed E-state index contributed by atoms with van der Waals surface area (Å²) in [6.07, 6.45) is 4.67. The van der Waals surface area contributed by atoms with Crippen LogP contribution in [0.1, 0.15) is 64.5 Å². The van der Waals surface area contributed by atoms with E-state index in [4.69, 9.17) is 0 Å². The molecule has 46 heavy (non-hydrogen) atoms. The van der Waals surface area contributed by atoms with Gasteiger partial charge >= 0.3 is 0 Å². The van der Waals surface area contributed by atoms with E-state index in [2.05, 4.69) is 132 Å². The molecule has 3 aromatic rings. The van der Waals surface area contributed by atoms with Crippen molar-refractivity contribution in [2.75, 3.05) is 65.4 Å². The first-order chi connectivity index (χ1) is 22.5. The number of hydrogen-bond acceptors (Lipinski definition) is 6. The number of benzene rings is 3. The second-order valence-corrected chi connectivity index (χ2v) is 13.4. The fraction of sp³-hybridized carbons (Fsp3) is 0.550. The molecule has 3 aromatic carbocycles. The standard InChI is InChI=1S/C40H64N6/c1-33(2)29-43-25-7-21-41-23-9-27-45-31-35-13-17-37(18-14-35)39-11-5-6-12-40(39)38-19-15-36(16-20-38)32-46-28-10-24-42-22-8-26-44-30-34(3)4/h5-6,11-20,33-34,41-46H,7-10,21-32H2,1-4H3. The molecule has 0 unspecified atom stereocenters. The van der Waals surface area contributed by atoms with E-state index in [1.807, 2.05) is 0 Å². The smallest absolute Gasteiger partial charge is 0.0205 e. The fourth-order valence-electron chi connectivity index (χ4n) is 5.44. The highest BCUT2D eigenvalue weighted by Gasteiger charge is 2.08. The molecule has 0 aliphatic carbocycles. The minimum absolute atomic E-state index is 0.725. The average Bonchev–Trinajstić information content (AvgIpc) is 3.06. The van der Waals surface area contributed by atoms with E-state index in [1.54, 1.807) is 0 Å². The maximum atomic E-state index is 3.60. The molecular formula is C40H64N6. The van der Waals surface area contributed by atoms with E-state index in [0.29, 0.717) is 0 Å². The lowest BCUT2D eigenvalue weighted by molar-refractivity contribution is 0.525. The summed E-state index contributed by atoms with van der Waals surface area (Å²) >= 11 is 0. The number of hydrogen-bond donors (Lipinski definition) is 6. The third-order valence-electron chi connectivity index (χ3n) is 8.05. The molecule has 0 bridgehead atoms. The Morgan fingerprint density at radius 3 is 1.07 bits per heavy atom. The normalized spacial score (nSPS) is 11.6. The van der Waals surface area contributed by atoms with Crippen LogP contribution in [0, 0.1) is 11.8 Å². The molecule has 0 amide bonds. The second-order valence-electron chi connectivity index (χ2n) is 13.4. The lowest BCUT2D eigenvalue weighted by Crippen LogP contribution is -2.26. The maximum Gasteiger partial charge on any atom is 0.0205 e. The molecule has 0 heterocycles. The van der Waals surface area contributed by atoms with Gasteiger partial charge in [-0.3, -0.25) is 0 Å². The van der Waals surface area contributed by atoms with Crippen LogP contribution in [0.3, 0.4) is 0 Å². The topological polar surface area (TPSA) is 72.2 Å². The van der Waals surface area contributed by atoms with Gasteiger partial charge in [0, 0.05) is 13.1 Å². The monoisotopic (exact) mass is 629 g/mol. The summed E-state index contributed by atoms with van der Waals surface area (Å²) in [5.74, 6) is 1.45. The third kappa shape index (κ3) is 16.3. The van der Waals surface area contributed by atoms with Gasteiger partial charge in [0.15, 0.2) is 0 Å². The first-order valence-corrected chi connectivity index (χ1v) is 18.0. The molecule has 0 atom stereocenters. The quantitative estimate of drug-likeness (QED) is 0.0576. The molecule has 6 nitrogen and oxygen atoms in total. The molecular weight excluding hydrogens is 564 g/mol. The largest absolute Gasteiger partial charge is 0.317 e. The molecule has 3 rings (SSSR count). The summed E-state index contributed by atoms with van der Waals surface area (Å²) < 4.78 is 0. The Bertz CT molecular complexity index is 1070. The average molecular weight is 629 g/mol. The zero-order chi connectivity index (χ0) is 32.7. The summed E-state index contributed by atoms with van der Waals surface area (Å²) in [7, 11) is 0. The van der Waals surface area contributed by atoms with E-state index in [0.717, 1.165) is 103 Å². The molecule has 0 aliphatic heterocycles. The van der Waals surface area contributed by atoms with Crippen molar-refractivity contribution in [3.63, 3.8) is 0 Å². The van der Waals surface area contributed by atoms with Gasteiger partial charge in [0.25, 0.3) is 0 Å². The summed E-state index contributed by atoms with van der Waals surface area (Å²) in [4.78, 5) is 0. The van der Waals surface area contributed by atoms with Crippen molar-refractivity contribution in [1.82, 2.24) is 31.9 Å². The molecule has 6 N–H and O–H groups in total. The van der Waals surface area contributed by atoms with Crippen molar-refractivity contribution in [3.8, 4) is 22.3 Å². The van der Waals surface area contributed by atoms with Gasteiger partial charge in [-0.2, -0.15) is 0 Å². The first-order valence-electron chi connectivity index (χ1n) is 18.0. The molecule has 6 heteroatoms. The number of nitrogens with one attached hydrogen (secondary N) is 6. The Labute approximate surface area is 281 Å². The summed E-state index contributed by atoms with van der Waals surface area (Å²) in [5, 5.41) is 21.3. The van der Waals surface area contributed by atoms with Crippen molar-refractivity contribution in [1.29, 1.82) is 0 Å². The van der Waals surface area contributed by atoms with Crippen molar-refractivity contribution >= 4 is 0 Å². The lowest BCUT2D eigenvalue weighted by atomic mass is 9.93. The van der Waals surface area contributed by atoms with E-state index in [9.17, 15) is 0 Å². The first kappa shape index (κ1) is 37.9. The molecule has 0 aliphatic rings. The van der Waals surface area contributed by atoms with Gasteiger partial charge in [0.05, 0.1) is 0 Å². The summed E-state index contributed by atoms with van der Waals surface area (Å²) in [5.41, 5.74) is 7.73. The predicted molar refractivity (Wildman–Crippen MR) is 200 cm³/mol. The molecule has 0 fully saturated rings. The van der Waals surface area contributed by atoms with Crippen molar-refractivity contribution < 1.29 is 0 Å². The highest BCUT2D eigenvalue weighted by molar-refractivity contribution is 5.83. The molecule has 0 saturated carbocycles.